The van der Waals surface area contributed by atoms with E-state index >= 15 is 0 Å². The van der Waals surface area contributed by atoms with Crippen LogP contribution in [0.25, 0.3) is 0 Å². The Kier molecular flexibility index (Phi) is 8.53. The Hall–Kier alpha value is -1.30. The van der Waals surface area contributed by atoms with E-state index in [0.29, 0.717) is 5.92 Å². The summed E-state index contributed by atoms with van der Waals surface area (Å²) in [5.41, 5.74) is 5.96. The fourth-order valence-corrected chi connectivity index (χ4v) is 3.20. The summed E-state index contributed by atoms with van der Waals surface area (Å²) in [6.07, 6.45) is 10.8. The molecule has 0 spiro atoms. The van der Waals surface area contributed by atoms with E-state index in [1.165, 1.54) is 48.0 Å². The molecule has 134 valence electrons. The van der Waals surface area contributed by atoms with Crippen molar-refractivity contribution in [1.82, 2.24) is 0 Å². The number of benzene rings is 1. The standard InChI is InChI=1S/C24H38/c1-8-11-12-19(4)13-16-22(10-3)24(6,7)23-17-14-21(15-18-23)20(5)9-2/h13-18,20H,8-12H2,1-7H3/b19-13+,22-16+. The van der Waals surface area contributed by atoms with Crippen molar-refractivity contribution < 1.29 is 0 Å². The lowest BCUT2D eigenvalue weighted by Gasteiger charge is -2.29. The predicted octanol–water partition coefficient (Wildman–Crippen LogP) is 7.95. The van der Waals surface area contributed by atoms with Gasteiger partial charge in [-0.3, -0.25) is 0 Å². The quantitative estimate of drug-likeness (QED) is 0.404. The van der Waals surface area contributed by atoms with Gasteiger partial charge in [-0.25, -0.2) is 0 Å². The number of hydrogen-bond donors (Lipinski definition) is 0. The summed E-state index contributed by atoms with van der Waals surface area (Å²) in [7, 11) is 0. The molecule has 0 radical (unpaired) electrons. The fraction of sp³-hybridized carbons (Fsp3) is 0.583. The maximum atomic E-state index is 2.37. The Bertz CT molecular complexity index is 540. The van der Waals surface area contributed by atoms with Crippen LogP contribution in [-0.4, -0.2) is 0 Å². The van der Waals surface area contributed by atoms with Gasteiger partial charge < -0.3 is 0 Å². The molecular weight excluding hydrogens is 288 g/mol. The van der Waals surface area contributed by atoms with Gasteiger partial charge in [0.25, 0.3) is 0 Å². The predicted molar refractivity (Wildman–Crippen MR) is 110 cm³/mol. The first-order valence-corrected chi connectivity index (χ1v) is 9.83. The molecule has 1 rings (SSSR count). The molecule has 0 nitrogen and oxygen atoms in total. The van der Waals surface area contributed by atoms with E-state index in [1.807, 2.05) is 0 Å². The molecule has 1 unspecified atom stereocenters. The zero-order valence-electron chi connectivity index (χ0n) is 17.1. The van der Waals surface area contributed by atoms with Crippen LogP contribution in [0.4, 0.5) is 0 Å². The van der Waals surface area contributed by atoms with Gasteiger partial charge in [0.2, 0.25) is 0 Å². The van der Waals surface area contributed by atoms with Crippen LogP contribution >= 0.6 is 0 Å². The topological polar surface area (TPSA) is 0 Å². The van der Waals surface area contributed by atoms with Crippen molar-refractivity contribution in [2.75, 3.05) is 0 Å². The molecule has 0 heterocycles. The first kappa shape index (κ1) is 20.7. The van der Waals surface area contributed by atoms with Crippen molar-refractivity contribution in [3.05, 3.63) is 58.7 Å². The second kappa shape index (κ2) is 9.87. The summed E-state index contributed by atoms with van der Waals surface area (Å²) in [6, 6.07) is 9.30. The average Bonchev–Trinajstić information content (AvgIpc) is 2.59. The third-order valence-electron chi connectivity index (χ3n) is 5.49. The van der Waals surface area contributed by atoms with Gasteiger partial charge >= 0.3 is 0 Å². The van der Waals surface area contributed by atoms with Gasteiger partial charge in [0.1, 0.15) is 0 Å². The average molecular weight is 327 g/mol. The molecule has 0 aliphatic rings. The van der Waals surface area contributed by atoms with Crippen LogP contribution in [-0.2, 0) is 5.41 Å². The van der Waals surface area contributed by atoms with Crippen molar-refractivity contribution in [3.63, 3.8) is 0 Å². The zero-order valence-corrected chi connectivity index (χ0v) is 17.1. The maximum Gasteiger partial charge on any atom is 0.0108 e. The molecule has 0 bridgehead atoms. The normalized spacial score (nSPS) is 14.8. The van der Waals surface area contributed by atoms with Gasteiger partial charge in [-0.05, 0) is 49.7 Å². The second-order valence-electron chi connectivity index (χ2n) is 7.72. The van der Waals surface area contributed by atoms with E-state index in [0.717, 1.165) is 6.42 Å². The van der Waals surface area contributed by atoms with Crippen LogP contribution in [0.15, 0.2) is 47.6 Å². The molecule has 0 N–H and O–H groups in total. The lowest BCUT2D eigenvalue weighted by atomic mass is 9.75. The maximum absolute atomic E-state index is 2.37. The summed E-state index contributed by atoms with van der Waals surface area (Å²) < 4.78 is 0. The summed E-state index contributed by atoms with van der Waals surface area (Å²) in [5, 5.41) is 0. The smallest absolute Gasteiger partial charge is 0.0108 e. The minimum Gasteiger partial charge on any atom is -0.0733 e. The zero-order chi connectivity index (χ0) is 18.2. The van der Waals surface area contributed by atoms with Gasteiger partial charge in [0, 0.05) is 5.41 Å². The molecule has 0 amide bonds. The Balaban J connectivity index is 3.01. The van der Waals surface area contributed by atoms with Crippen molar-refractivity contribution in [2.24, 2.45) is 0 Å². The number of allylic oxidation sites excluding steroid dienone is 4. The number of rotatable bonds is 9. The summed E-state index contributed by atoms with van der Waals surface area (Å²) in [6.45, 7) is 16.1. The third-order valence-corrected chi connectivity index (χ3v) is 5.49. The van der Waals surface area contributed by atoms with E-state index in [1.54, 1.807) is 0 Å². The van der Waals surface area contributed by atoms with E-state index in [-0.39, 0.29) is 5.41 Å². The highest BCUT2D eigenvalue weighted by Crippen LogP contribution is 2.34. The van der Waals surface area contributed by atoms with Crippen LogP contribution < -0.4 is 0 Å². The summed E-state index contributed by atoms with van der Waals surface area (Å²) in [5.74, 6) is 0.646. The molecule has 0 aliphatic carbocycles. The van der Waals surface area contributed by atoms with Crippen LogP contribution in [0.3, 0.4) is 0 Å². The van der Waals surface area contributed by atoms with E-state index in [4.69, 9.17) is 0 Å². The molecule has 0 fully saturated rings. The SMILES string of the molecule is CCCC/C(C)=C/C=C(\CC)C(C)(C)c1ccc(C(C)CC)cc1. The van der Waals surface area contributed by atoms with Gasteiger partial charge in [-0.15, -0.1) is 0 Å². The highest BCUT2D eigenvalue weighted by atomic mass is 14.3. The van der Waals surface area contributed by atoms with Gasteiger partial charge in [0.05, 0.1) is 0 Å². The van der Waals surface area contributed by atoms with Crippen molar-refractivity contribution >= 4 is 0 Å². The third kappa shape index (κ3) is 5.65. The van der Waals surface area contributed by atoms with Crippen LogP contribution in [0.1, 0.15) is 97.6 Å². The molecule has 1 atom stereocenters. The number of unbranched alkanes of at least 4 members (excludes halogenated alkanes) is 1. The second-order valence-corrected chi connectivity index (χ2v) is 7.72. The molecule has 0 saturated heterocycles. The van der Waals surface area contributed by atoms with Crippen LogP contribution in [0.2, 0.25) is 0 Å². The Labute approximate surface area is 151 Å². The van der Waals surface area contributed by atoms with Crippen molar-refractivity contribution in [3.8, 4) is 0 Å². The van der Waals surface area contributed by atoms with Crippen LogP contribution in [0, 0.1) is 0 Å². The largest absolute Gasteiger partial charge is 0.0733 e. The van der Waals surface area contributed by atoms with Gasteiger partial charge in [-0.1, -0.05) is 95.5 Å². The van der Waals surface area contributed by atoms with Crippen LogP contribution in [0.5, 0.6) is 0 Å². The number of hydrogen-bond acceptors (Lipinski definition) is 0. The van der Waals surface area contributed by atoms with E-state index < -0.39 is 0 Å². The molecule has 0 heteroatoms. The molecule has 0 saturated carbocycles. The molecule has 24 heavy (non-hydrogen) atoms. The Morgan fingerprint density at radius 2 is 1.67 bits per heavy atom. The Morgan fingerprint density at radius 1 is 1.04 bits per heavy atom. The first-order valence-electron chi connectivity index (χ1n) is 9.83. The minimum absolute atomic E-state index is 0.0876. The summed E-state index contributed by atoms with van der Waals surface area (Å²) >= 11 is 0. The lowest BCUT2D eigenvalue weighted by molar-refractivity contribution is 0.600. The fourth-order valence-electron chi connectivity index (χ4n) is 3.20. The van der Waals surface area contributed by atoms with Gasteiger partial charge in [0.15, 0.2) is 0 Å². The molecule has 0 aromatic heterocycles. The lowest BCUT2D eigenvalue weighted by Crippen LogP contribution is -2.20. The van der Waals surface area contributed by atoms with E-state index in [2.05, 4.69) is 84.9 Å². The highest BCUT2D eigenvalue weighted by Gasteiger charge is 2.24. The molecule has 1 aromatic rings. The first-order chi connectivity index (χ1) is 11.4. The van der Waals surface area contributed by atoms with Gasteiger partial charge in [-0.2, -0.15) is 0 Å². The summed E-state index contributed by atoms with van der Waals surface area (Å²) in [4.78, 5) is 0. The molecular formula is C24H38. The minimum atomic E-state index is 0.0876. The molecule has 0 aliphatic heterocycles. The Morgan fingerprint density at radius 3 is 2.17 bits per heavy atom. The van der Waals surface area contributed by atoms with Crippen molar-refractivity contribution in [2.45, 2.75) is 91.9 Å². The monoisotopic (exact) mass is 326 g/mol. The molecule has 1 aromatic carbocycles. The highest BCUT2D eigenvalue weighted by molar-refractivity contribution is 5.38. The van der Waals surface area contributed by atoms with E-state index in [9.17, 15) is 0 Å². The van der Waals surface area contributed by atoms with Crippen molar-refractivity contribution in [1.29, 1.82) is 0 Å².